The van der Waals surface area contributed by atoms with E-state index in [-0.39, 0.29) is 11.8 Å². The lowest BCUT2D eigenvalue weighted by atomic mass is 9.93. The fourth-order valence-corrected chi connectivity index (χ4v) is 3.33. The Morgan fingerprint density at radius 2 is 1.90 bits per heavy atom. The topological polar surface area (TPSA) is 42.0 Å². The summed E-state index contributed by atoms with van der Waals surface area (Å²) >= 11 is 1.64. The molecule has 0 saturated heterocycles. The zero-order valence-electron chi connectivity index (χ0n) is 11.1. The monoisotopic (exact) mass is 292 g/mol. The number of fused-ring (bicyclic) bond motifs is 1. The molecule has 2 aromatic heterocycles. The van der Waals surface area contributed by atoms with Crippen LogP contribution >= 0.6 is 11.3 Å². The Kier molecular flexibility index (Phi) is 2.82. The van der Waals surface area contributed by atoms with E-state index in [4.69, 9.17) is 0 Å². The van der Waals surface area contributed by atoms with Crippen molar-refractivity contribution in [2.45, 2.75) is 5.92 Å². The van der Waals surface area contributed by atoms with Crippen molar-refractivity contribution in [3.05, 3.63) is 70.4 Å². The molecule has 1 amide bonds. The van der Waals surface area contributed by atoms with Crippen molar-refractivity contribution in [3.8, 4) is 11.3 Å². The van der Waals surface area contributed by atoms with Crippen molar-refractivity contribution in [3.63, 3.8) is 0 Å². The number of pyridine rings is 1. The van der Waals surface area contributed by atoms with Crippen LogP contribution in [0.15, 0.2) is 59.3 Å². The number of aromatic nitrogens is 1. The molecule has 0 spiro atoms. The van der Waals surface area contributed by atoms with Gasteiger partial charge in [0.05, 0.1) is 11.6 Å². The van der Waals surface area contributed by atoms with Crippen LogP contribution < -0.4 is 5.32 Å². The summed E-state index contributed by atoms with van der Waals surface area (Å²) in [5, 5.41) is 6.98. The maximum Gasteiger partial charge on any atom is 0.237 e. The molecule has 0 saturated carbocycles. The fraction of sp³-hybridized carbons (Fsp3) is 0.0588. The van der Waals surface area contributed by atoms with Crippen LogP contribution in [0, 0.1) is 0 Å². The van der Waals surface area contributed by atoms with Gasteiger partial charge in [0.15, 0.2) is 0 Å². The van der Waals surface area contributed by atoms with E-state index in [1.165, 1.54) is 0 Å². The van der Waals surface area contributed by atoms with Gasteiger partial charge >= 0.3 is 0 Å². The number of benzene rings is 1. The van der Waals surface area contributed by atoms with Gasteiger partial charge in [0.25, 0.3) is 0 Å². The van der Waals surface area contributed by atoms with Crippen LogP contribution in [0.25, 0.3) is 11.3 Å². The van der Waals surface area contributed by atoms with Gasteiger partial charge in [-0.25, -0.2) is 4.98 Å². The molecule has 3 heterocycles. The van der Waals surface area contributed by atoms with Crippen LogP contribution in [-0.4, -0.2) is 10.9 Å². The summed E-state index contributed by atoms with van der Waals surface area (Å²) in [6.07, 6.45) is 0. The highest BCUT2D eigenvalue weighted by molar-refractivity contribution is 7.08. The molecule has 1 N–H and O–H groups in total. The predicted octanol–water partition coefficient (Wildman–Crippen LogP) is 3.89. The number of nitrogens with zero attached hydrogens (tertiary/aromatic N) is 1. The number of thiophene rings is 1. The molecule has 1 atom stereocenters. The molecule has 3 nitrogen and oxygen atoms in total. The smallest absolute Gasteiger partial charge is 0.237 e. The van der Waals surface area contributed by atoms with Gasteiger partial charge in [-0.3, -0.25) is 4.79 Å². The minimum absolute atomic E-state index is 0.00818. The highest BCUT2D eigenvalue weighted by Crippen LogP contribution is 2.37. The molecule has 0 fully saturated rings. The van der Waals surface area contributed by atoms with Gasteiger partial charge in [0, 0.05) is 16.5 Å². The first kappa shape index (κ1) is 12.3. The van der Waals surface area contributed by atoms with Crippen molar-refractivity contribution in [1.82, 2.24) is 4.98 Å². The molecule has 1 unspecified atom stereocenters. The van der Waals surface area contributed by atoms with Gasteiger partial charge in [-0.15, -0.1) is 0 Å². The van der Waals surface area contributed by atoms with E-state index in [9.17, 15) is 4.79 Å². The van der Waals surface area contributed by atoms with Crippen LogP contribution in [0.4, 0.5) is 5.82 Å². The molecule has 1 aliphatic rings. The summed E-state index contributed by atoms with van der Waals surface area (Å²) in [5.74, 6) is 0.411. The second-order valence-electron chi connectivity index (χ2n) is 4.98. The summed E-state index contributed by atoms with van der Waals surface area (Å²) in [6, 6.07) is 15.8. The number of anilines is 1. The predicted molar refractivity (Wildman–Crippen MR) is 84.5 cm³/mol. The molecule has 4 rings (SSSR count). The summed E-state index contributed by atoms with van der Waals surface area (Å²) in [4.78, 5) is 16.9. The minimum atomic E-state index is -0.259. The second-order valence-corrected chi connectivity index (χ2v) is 5.76. The second kappa shape index (κ2) is 4.82. The third-order valence-corrected chi connectivity index (χ3v) is 4.37. The summed E-state index contributed by atoms with van der Waals surface area (Å²) in [6.45, 7) is 0. The Balaban J connectivity index is 1.79. The SMILES string of the molecule is O=C1Nc2nc(-c3ccsc3)ccc2C1c1ccccc1. The lowest BCUT2D eigenvalue weighted by molar-refractivity contribution is -0.116. The average molecular weight is 292 g/mol. The highest BCUT2D eigenvalue weighted by Gasteiger charge is 2.32. The van der Waals surface area contributed by atoms with Crippen molar-refractivity contribution >= 4 is 23.1 Å². The third-order valence-electron chi connectivity index (χ3n) is 3.69. The normalized spacial score (nSPS) is 16.6. The summed E-state index contributed by atoms with van der Waals surface area (Å²) in [5.41, 5.74) is 3.92. The van der Waals surface area contributed by atoms with Gasteiger partial charge in [-0.1, -0.05) is 36.4 Å². The molecular formula is C17H12N2OS. The Hall–Kier alpha value is -2.46. The molecule has 21 heavy (non-hydrogen) atoms. The van der Waals surface area contributed by atoms with Gasteiger partial charge in [0.2, 0.25) is 5.91 Å². The van der Waals surface area contributed by atoms with E-state index in [2.05, 4.69) is 15.7 Å². The van der Waals surface area contributed by atoms with Crippen LogP contribution in [0.3, 0.4) is 0 Å². The van der Waals surface area contributed by atoms with E-state index in [1.807, 2.05) is 53.9 Å². The molecule has 0 aliphatic carbocycles. The zero-order chi connectivity index (χ0) is 14.2. The Bertz CT molecular complexity index is 797. The van der Waals surface area contributed by atoms with E-state index < -0.39 is 0 Å². The average Bonchev–Trinajstić information content (AvgIpc) is 3.14. The lowest BCUT2D eigenvalue weighted by Gasteiger charge is -2.08. The lowest BCUT2D eigenvalue weighted by Crippen LogP contribution is -2.13. The molecular weight excluding hydrogens is 280 g/mol. The Morgan fingerprint density at radius 1 is 1.05 bits per heavy atom. The van der Waals surface area contributed by atoms with Crippen molar-refractivity contribution in [2.75, 3.05) is 5.32 Å². The number of carbonyl (C=O) groups is 1. The number of hydrogen-bond acceptors (Lipinski definition) is 3. The van der Waals surface area contributed by atoms with Gasteiger partial charge in [0.1, 0.15) is 5.82 Å². The van der Waals surface area contributed by atoms with Crippen LogP contribution in [-0.2, 0) is 4.79 Å². The van der Waals surface area contributed by atoms with Crippen LogP contribution in [0.5, 0.6) is 0 Å². The number of rotatable bonds is 2. The molecule has 4 heteroatoms. The molecule has 1 aromatic carbocycles. The summed E-state index contributed by atoms with van der Waals surface area (Å²) in [7, 11) is 0. The van der Waals surface area contributed by atoms with Crippen molar-refractivity contribution in [2.24, 2.45) is 0 Å². The Labute approximate surface area is 126 Å². The first-order valence-electron chi connectivity index (χ1n) is 6.72. The number of nitrogens with one attached hydrogen (secondary N) is 1. The summed E-state index contributed by atoms with van der Waals surface area (Å²) < 4.78 is 0. The van der Waals surface area contributed by atoms with Crippen molar-refractivity contribution in [1.29, 1.82) is 0 Å². The van der Waals surface area contributed by atoms with E-state index in [1.54, 1.807) is 11.3 Å². The van der Waals surface area contributed by atoms with Gasteiger partial charge < -0.3 is 5.32 Å². The molecule has 3 aromatic rings. The fourth-order valence-electron chi connectivity index (χ4n) is 2.68. The molecule has 0 bridgehead atoms. The maximum absolute atomic E-state index is 12.3. The van der Waals surface area contributed by atoms with Crippen molar-refractivity contribution < 1.29 is 4.79 Å². The van der Waals surface area contributed by atoms with Crippen LogP contribution in [0.2, 0.25) is 0 Å². The molecule has 1 aliphatic heterocycles. The van der Waals surface area contributed by atoms with E-state index in [0.717, 1.165) is 22.4 Å². The number of amides is 1. The molecule has 0 radical (unpaired) electrons. The third kappa shape index (κ3) is 2.04. The largest absolute Gasteiger partial charge is 0.310 e. The Morgan fingerprint density at radius 3 is 2.67 bits per heavy atom. The van der Waals surface area contributed by atoms with E-state index >= 15 is 0 Å². The van der Waals surface area contributed by atoms with Gasteiger partial charge in [-0.05, 0) is 23.1 Å². The standard InChI is InChI=1S/C17H12N2OS/c20-17-15(11-4-2-1-3-5-11)13-6-7-14(18-16(13)19-17)12-8-9-21-10-12/h1-10,15H,(H,18,19,20). The highest BCUT2D eigenvalue weighted by atomic mass is 32.1. The quantitative estimate of drug-likeness (QED) is 0.778. The zero-order valence-corrected chi connectivity index (χ0v) is 11.9. The first-order valence-corrected chi connectivity index (χ1v) is 7.66. The maximum atomic E-state index is 12.3. The molecule has 102 valence electrons. The number of carbonyl (C=O) groups excluding carboxylic acids is 1. The van der Waals surface area contributed by atoms with Crippen LogP contribution in [0.1, 0.15) is 17.0 Å². The van der Waals surface area contributed by atoms with E-state index in [0.29, 0.717) is 5.82 Å². The number of hydrogen-bond donors (Lipinski definition) is 1. The first-order chi connectivity index (χ1) is 10.3. The minimum Gasteiger partial charge on any atom is -0.310 e. The van der Waals surface area contributed by atoms with Gasteiger partial charge in [-0.2, -0.15) is 11.3 Å².